The van der Waals surface area contributed by atoms with Gasteiger partial charge in [-0.15, -0.1) is 0 Å². The first-order chi connectivity index (χ1) is 9.74. The van der Waals surface area contributed by atoms with Crippen molar-refractivity contribution in [3.63, 3.8) is 0 Å². The van der Waals surface area contributed by atoms with Gasteiger partial charge in [0.1, 0.15) is 0 Å². The largest absolute Gasteiger partial charge is 0.380 e. The average molecular weight is 281 g/mol. The maximum Gasteiger partial charge on any atom is 0.0752 e. The van der Waals surface area contributed by atoms with Crippen LogP contribution in [0.5, 0.6) is 0 Å². The van der Waals surface area contributed by atoms with Gasteiger partial charge in [-0.2, -0.15) is 0 Å². The number of nitrogens with two attached hydrogens (primary N) is 1. The van der Waals surface area contributed by atoms with Crippen molar-refractivity contribution in [2.75, 3.05) is 13.7 Å². The van der Waals surface area contributed by atoms with Crippen molar-refractivity contribution in [2.24, 2.45) is 17.6 Å². The summed E-state index contributed by atoms with van der Waals surface area (Å²) in [6.45, 7) is 0.902. The number of methoxy groups -OCH3 is 1. The maximum atomic E-state index is 6.65. The van der Waals surface area contributed by atoms with Gasteiger partial charge in [-0.1, -0.05) is 19.3 Å². The van der Waals surface area contributed by atoms with Crippen LogP contribution in [0.25, 0.3) is 0 Å². The Balaban J connectivity index is 1.61. The summed E-state index contributed by atoms with van der Waals surface area (Å²) >= 11 is 0. The Kier molecular flexibility index (Phi) is 4.68. The molecular weight excluding hydrogens is 250 g/mol. The maximum absolute atomic E-state index is 6.65. The van der Waals surface area contributed by atoms with Gasteiger partial charge in [-0.05, 0) is 56.8 Å². The van der Waals surface area contributed by atoms with Crippen molar-refractivity contribution in [3.8, 4) is 0 Å². The van der Waals surface area contributed by atoms with Crippen LogP contribution in [0.2, 0.25) is 0 Å². The van der Waals surface area contributed by atoms with Crippen LogP contribution in [0.4, 0.5) is 0 Å². The predicted molar refractivity (Wildman–Crippen MR) is 80.6 cm³/mol. The first kappa shape index (κ1) is 14.8. The lowest BCUT2D eigenvalue weighted by Crippen LogP contribution is -2.54. The molecule has 20 heavy (non-hydrogen) atoms. The molecule has 1 aliphatic heterocycles. The van der Waals surface area contributed by atoms with E-state index in [0.717, 1.165) is 13.0 Å². The molecule has 0 radical (unpaired) electrons. The Bertz CT molecular complexity index is 310. The zero-order valence-corrected chi connectivity index (χ0v) is 13.0. The van der Waals surface area contributed by atoms with Crippen LogP contribution in [0.1, 0.15) is 64.2 Å². The molecule has 2 aliphatic carbocycles. The third-order valence-corrected chi connectivity index (χ3v) is 6.11. The molecule has 3 fully saturated rings. The molecule has 0 bridgehead atoms. The fraction of sp³-hybridized carbons (Fsp3) is 1.00. The third kappa shape index (κ3) is 2.90. The number of rotatable bonds is 4. The highest BCUT2D eigenvalue weighted by Crippen LogP contribution is 2.45. The lowest BCUT2D eigenvalue weighted by molar-refractivity contribution is -0.152. The minimum Gasteiger partial charge on any atom is -0.380 e. The Hall–Kier alpha value is -0.120. The minimum absolute atomic E-state index is 0.199. The second-order valence-electron chi connectivity index (χ2n) is 7.31. The molecule has 1 spiro atoms. The van der Waals surface area contributed by atoms with E-state index in [0.29, 0.717) is 11.8 Å². The van der Waals surface area contributed by atoms with E-state index >= 15 is 0 Å². The van der Waals surface area contributed by atoms with Gasteiger partial charge >= 0.3 is 0 Å². The summed E-state index contributed by atoms with van der Waals surface area (Å²) in [5, 5.41) is 0. The van der Waals surface area contributed by atoms with Crippen LogP contribution in [0.3, 0.4) is 0 Å². The normalized spacial score (nSPS) is 33.6. The van der Waals surface area contributed by atoms with Gasteiger partial charge in [0.05, 0.1) is 11.7 Å². The smallest absolute Gasteiger partial charge is 0.0752 e. The lowest BCUT2D eigenvalue weighted by Gasteiger charge is -2.49. The molecule has 0 aromatic heterocycles. The number of hydrogen-bond donors (Lipinski definition) is 1. The molecule has 1 heterocycles. The number of ether oxygens (including phenoxy) is 2. The lowest BCUT2D eigenvalue weighted by atomic mass is 9.68. The zero-order chi connectivity index (χ0) is 14.0. The van der Waals surface area contributed by atoms with Gasteiger partial charge in [0.15, 0.2) is 0 Å². The molecular formula is C17H31NO2. The van der Waals surface area contributed by atoms with Crippen LogP contribution in [-0.2, 0) is 9.47 Å². The Labute approximate surface area is 123 Å². The second-order valence-corrected chi connectivity index (χ2v) is 7.31. The molecule has 2 N–H and O–H groups in total. The monoisotopic (exact) mass is 281 g/mol. The molecule has 3 rings (SSSR count). The van der Waals surface area contributed by atoms with E-state index in [4.69, 9.17) is 15.2 Å². The summed E-state index contributed by atoms with van der Waals surface area (Å²) in [7, 11) is 1.86. The SMILES string of the molecule is COC(C1CCCCC1)C(N)C1CCOC2(CCC2)C1. The van der Waals surface area contributed by atoms with Crippen LogP contribution in [0, 0.1) is 11.8 Å². The summed E-state index contributed by atoms with van der Waals surface area (Å²) in [6, 6.07) is 0.199. The van der Waals surface area contributed by atoms with Crippen molar-refractivity contribution in [1.82, 2.24) is 0 Å². The Morgan fingerprint density at radius 1 is 1.05 bits per heavy atom. The molecule has 0 amide bonds. The first-order valence-corrected chi connectivity index (χ1v) is 8.66. The molecule has 0 aromatic rings. The van der Waals surface area contributed by atoms with E-state index in [-0.39, 0.29) is 17.7 Å². The second kappa shape index (κ2) is 6.33. The molecule has 3 heteroatoms. The summed E-state index contributed by atoms with van der Waals surface area (Å²) in [4.78, 5) is 0. The molecule has 2 saturated carbocycles. The fourth-order valence-corrected chi connectivity index (χ4v) is 4.71. The quantitative estimate of drug-likeness (QED) is 0.860. The van der Waals surface area contributed by atoms with E-state index < -0.39 is 0 Å². The predicted octanol–water partition coefficient (Wildman–Crippen LogP) is 3.26. The molecule has 0 aromatic carbocycles. The minimum atomic E-state index is 0.199. The van der Waals surface area contributed by atoms with Crippen molar-refractivity contribution >= 4 is 0 Å². The topological polar surface area (TPSA) is 44.5 Å². The number of hydrogen-bond acceptors (Lipinski definition) is 3. The van der Waals surface area contributed by atoms with Gasteiger partial charge in [-0.3, -0.25) is 0 Å². The van der Waals surface area contributed by atoms with Crippen molar-refractivity contribution < 1.29 is 9.47 Å². The van der Waals surface area contributed by atoms with Gasteiger partial charge < -0.3 is 15.2 Å². The van der Waals surface area contributed by atoms with Crippen molar-refractivity contribution in [3.05, 3.63) is 0 Å². The van der Waals surface area contributed by atoms with Gasteiger partial charge in [-0.25, -0.2) is 0 Å². The van der Waals surface area contributed by atoms with E-state index in [1.165, 1.54) is 57.8 Å². The molecule has 116 valence electrons. The van der Waals surface area contributed by atoms with Crippen LogP contribution >= 0.6 is 0 Å². The zero-order valence-electron chi connectivity index (χ0n) is 13.0. The highest BCUT2D eigenvalue weighted by molar-refractivity contribution is 4.98. The third-order valence-electron chi connectivity index (χ3n) is 6.11. The van der Waals surface area contributed by atoms with Crippen LogP contribution < -0.4 is 5.73 Å². The van der Waals surface area contributed by atoms with Gasteiger partial charge in [0, 0.05) is 19.8 Å². The van der Waals surface area contributed by atoms with Gasteiger partial charge in [0.25, 0.3) is 0 Å². The first-order valence-electron chi connectivity index (χ1n) is 8.66. The average Bonchev–Trinajstić information content (AvgIpc) is 2.47. The Morgan fingerprint density at radius 2 is 1.80 bits per heavy atom. The van der Waals surface area contributed by atoms with Gasteiger partial charge in [0.2, 0.25) is 0 Å². The molecule has 3 nitrogen and oxygen atoms in total. The van der Waals surface area contributed by atoms with Crippen molar-refractivity contribution in [1.29, 1.82) is 0 Å². The standard InChI is InChI=1S/C17H31NO2/c1-19-16(13-6-3-2-4-7-13)15(18)14-8-11-20-17(12-14)9-5-10-17/h13-16H,2-12,18H2,1H3. The van der Waals surface area contributed by atoms with E-state index in [1.54, 1.807) is 0 Å². The summed E-state index contributed by atoms with van der Waals surface area (Å²) in [5.41, 5.74) is 6.85. The highest BCUT2D eigenvalue weighted by Gasteiger charge is 2.45. The van der Waals surface area contributed by atoms with E-state index in [2.05, 4.69) is 0 Å². The molecule has 3 unspecified atom stereocenters. The molecule has 1 saturated heterocycles. The highest BCUT2D eigenvalue weighted by atomic mass is 16.5. The molecule has 3 atom stereocenters. The van der Waals surface area contributed by atoms with Crippen LogP contribution in [0.15, 0.2) is 0 Å². The van der Waals surface area contributed by atoms with E-state index in [1.807, 2.05) is 7.11 Å². The Morgan fingerprint density at radius 3 is 2.40 bits per heavy atom. The van der Waals surface area contributed by atoms with Crippen LogP contribution in [-0.4, -0.2) is 31.5 Å². The summed E-state index contributed by atoms with van der Waals surface area (Å²) in [5.74, 6) is 1.28. The summed E-state index contributed by atoms with van der Waals surface area (Å²) < 4.78 is 11.9. The fourth-order valence-electron chi connectivity index (χ4n) is 4.71. The van der Waals surface area contributed by atoms with E-state index in [9.17, 15) is 0 Å². The van der Waals surface area contributed by atoms with Crippen molar-refractivity contribution in [2.45, 2.75) is 82.0 Å². The molecule has 3 aliphatic rings. The summed E-state index contributed by atoms with van der Waals surface area (Å²) in [6.07, 6.45) is 13.1.